The van der Waals surface area contributed by atoms with E-state index in [0.29, 0.717) is 0 Å². The second-order valence-corrected chi connectivity index (χ2v) is 14.0. The summed E-state index contributed by atoms with van der Waals surface area (Å²) in [5.41, 5.74) is 15.9. The van der Waals surface area contributed by atoms with Crippen LogP contribution in [0.2, 0.25) is 0 Å². The maximum atomic E-state index is 5.14. The van der Waals surface area contributed by atoms with Gasteiger partial charge < -0.3 is 9.88 Å². The molecular weight excluding hydrogens is 607 g/mol. The second kappa shape index (κ2) is 10.9. The van der Waals surface area contributed by atoms with Gasteiger partial charge in [0.05, 0.1) is 22.8 Å². The van der Waals surface area contributed by atoms with E-state index >= 15 is 0 Å². The van der Waals surface area contributed by atoms with Crippen molar-refractivity contribution in [2.75, 3.05) is 0 Å². The lowest BCUT2D eigenvalue weighted by Gasteiger charge is -2.28. The van der Waals surface area contributed by atoms with Gasteiger partial charge in [-0.1, -0.05) is 141 Å². The standard InChI is InChI=1S/C47H35N3/c1-47(2)40-17-9-6-14-35(40)37-28-29-38-36-15-8-11-19-42(36)50(45(38)43(37)47)34-26-24-33(25-27-34)46-48-41-18-10-7-16-39(41)44(49-46)32-22-20-31(21-23-32)30-12-4-3-5-13-30/h3-29,44H,1-2H3,(H,48,49). The van der Waals surface area contributed by atoms with Gasteiger partial charge in [0.25, 0.3) is 0 Å². The summed E-state index contributed by atoms with van der Waals surface area (Å²) >= 11 is 0. The molecule has 0 radical (unpaired) electrons. The third kappa shape index (κ3) is 4.26. The maximum Gasteiger partial charge on any atom is 0.134 e. The molecule has 0 saturated heterocycles. The van der Waals surface area contributed by atoms with Crippen LogP contribution < -0.4 is 5.32 Å². The van der Waals surface area contributed by atoms with Gasteiger partial charge in [-0.05, 0) is 75.3 Å². The highest BCUT2D eigenvalue weighted by molar-refractivity contribution is 6.13. The summed E-state index contributed by atoms with van der Waals surface area (Å²) in [6, 6.07) is 59.2. The fraction of sp³-hybridized carbons (Fsp3) is 0.0851. The largest absolute Gasteiger partial charge is 0.359 e. The van der Waals surface area contributed by atoms with Crippen LogP contribution in [-0.4, -0.2) is 10.4 Å². The van der Waals surface area contributed by atoms with Crippen LogP contribution >= 0.6 is 0 Å². The van der Waals surface area contributed by atoms with E-state index in [1.807, 2.05) is 0 Å². The van der Waals surface area contributed by atoms with Crippen LogP contribution in [0.1, 0.15) is 47.7 Å². The van der Waals surface area contributed by atoms with E-state index in [0.717, 1.165) is 22.8 Å². The quantitative estimate of drug-likeness (QED) is 0.204. The molecule has 10 rings (SSSR count). The monoisotopic (exact) mass is 641 g/mol. The molecule has 0 bridgehead atoms. The van der Waals surface area contributed by atoms with Crippen LogP contribution in [0.5, 0.6) is 0 Å². The molecule has 1 aromatic heterocycles. The van der Waals surface area contributed by atoms with Gasteiger partial charge in [0.1, 0.15) is 5.84 Å². The third-order valence-corrected chi connectivity index (χ3v) is 10.9. The zero-order valence-corrected chi connectivity index (χ0v) is 28.1. The smallest absolute Gasteiger partial charge is 0.134 e. The summed E-state index contributed by atoms with van der Waals surface area (Å²) < 4.78 is 2.48. The maximum absolute atomic E-state index is 5.14. The fourth-order valence-electron chi connectivity index (χ4n) is 8.46. The Balaban J connectivity index is 1.07. The molecule has 8 aromatic rings. The lowest BCUT2D eigenvalue weighted by atomic mass is 9.81. The van der Waals surface area contributed by atoms with Gasteiger partial charge in [0.15, 0.2) is 0 Å². The number of hydrogen-bond donors (Lipinski definition) is 1. The molecule has 50 heavy (non-hydrogen) atoms. The van der Waals surface area contributed by atoms with Crippen molar-refractivity contribution in [3.05, 3.63) is 192 Å². The van der Waals surface area contributed by atoms with Crippen LogP contribution in [0.3, 0.4) is 0 Å². The summed E-state index contributed by atoms with van der Waals surface area (Å²) in [4.78, 5) is 5.14. The summed E-state index contributed by atoms with van der Waals surface area (Å²) in [7, 11) is 0. The fourth-order valence-corrected chi connectivity index (χ4v) is 8.46. The van der Waals surface area contributed by atoms with Crippen LogP contribution in [-0.2, 0) is 5.41 Å². The average molecular weight is 642 g/mol. The Hall–Kier alpha value is -6.19. The molecule has 1 N–H and O–H groups in total. The van der Waals surface area contributed by atoms with Crippen molar-refractivity contribution in [1.82, 2.24) is 9.88 Å². The van der Waals surface area contributed by atoms with Gasteiger partial charge in [-0.2, -0.15) is 0 Å². The van der Waals surface area contributed by atoms with Crippen LogP contribution in [0.25, 0.3) is 49.7 Å². The Morgan fingerprint density at radius 2 is 1.24 bits per heavy atom. The summed E-state index contributed by atoms with van der Waals surface area (Å²) in [6.07, 6.45) is 0. The molecule has 3 nitrogen and oxygen atoms in total. The summed E-state index contributed by atoms with van der Waals surface area (Å²) in [5, 5.41) is 6.38. The predicted octanol–water partition coefficient (Wildman–Crippen LogP) is 11.5. The Labute approximate surface area is 292 Å². The molecular formula is C47H35N3. The van der Waals surface area contributed by atoms with Crippen LogP contribution in [0, 0.1) is 0 Å². The highest BCUT2D eigenvalue weighted by atomic mass is 15.1. The molecule has 7 aromatic carbocycles. The van der Waals surface area contributed by atoms with E-state index in [4.69, 9.17) is 4.99 Å². The number of nitrogens with one attached hydrogen (secondary N) is 1. The first-order chi connectivity index (χ1) is 24.6. The number of benzene rings is 7. The van der Waals surface area contributed by atoms with E-state index in [-0.39, 0.29) is 11.5 Å². The van der Waals surface area contributed by atoms with Crippen molar-refractivity contribution in [2.24, 2.45) is 4.99 Å². The molecule has 2 heterocycles. The van der Waals surface area contributed by atoms with Gasteiger partial charge in [-0.15, -0.1) is 0 Å². The zero-order chi connectivity index (χ0) is 33.4. The number of amidine groups is 1. The molecule has 0 spiro atoms. The van der Waals surface area contributed by atoms with Crippen molar-refractivity contribution in [2.45, 2.75) is 25.3 Å². The number of aliphatic imine (C=N–C) groups is 1. The second-order valence-electron chi connectivity index (χ2n) is 14.0. The minimum absolute atomic E-state index is 0.00742. The lowest BCUT2D eigenvalue weighted by Crippen LogP contribution is -2.32. The third-order valence-electron chi connectivity index (χ3n) is 10.9. The molecule has 0 amide bonds. The number of aromatic nitrogens is 1. The van der Waals surface area contributed by atoms with Crippen molar-refractivity contribution in [3.63, 3.8) is 0 Å². The first-order valence-corrected chi connectivity index (χ1v) is 17.4. The SMILES string of the molecule is CC1(C)c2ccccc2-c2ccc3c4ccccc4n(-c4ccc(C5=Nc6ccccc6C(c6ccc(-c7ccccc7)cc6)N5)cc4)c3c21. The molecule has 1 aliphatic heterocycles. The minimum atomic E-state index is -0.125. The van der Waals surface area contributed by atoms with Gasteiger partial charge >= 0.3 is 0 Å². The minimum Gasteiger partial charge on any atom is -0.359 e. The number of hydrogen-bond acceptors (Lipinski definition) is 2. The van der Waals surface area contributed by atoms with Gasteiger partial charge in [-0.25, -0.2) is 4.99 Å². The highest BCUT2D eigenvalue weighted by Crippen LogP contribution is 2.52. The Morgan fingerprint density at radius 3 is 2.08 bits per heavy atom. The van der Waals surface area contributed by atoms with Gasteiger partial charge in [0.2, 0.25) is 0 Å². The number of fused-ring (bicyclic) bond motifs is 8. The molecule has 238 valence electrons. The first-order valence-electron chi connectivity index (χ1n) is 17.4. The van der Waals surface area contributed by atoms with Crippen molar-refractivity contribution in [3.8, 4) is 27.9 Å². The average Bonchev–Trinajstić information content (AvgIpc) is 3.63. The first kappa shape index (κ1) is 28.8. The molecule has 1 aliphatic carbocycles. The molecule has 3 heteroatoms. The van der Waals surface area contributed by atoms with E-state index in [2.05, 4.69) is 188 Å². The van der Waals surface area contributed by atoms with E-state index in [9.17, 15) is 0 Å². The Morgan fingerprint density at radius 1 is 0.560 bits per heavy atom. The zero-order valence-electron chi connectivity index (χ0n) is 28.1. The number of nitrogens with zero attached hydrogens (tertiary/aromatic N) is 2. The number of rotatable bonds is 4. The molecule has 0 fully saturated rings. The van der Waals surface area contributed by atoms with Crippen molar-refractivity contribution >= 4 is 33.3 Å². The number of para-hydroxylation sites is 2. The lowest BCUT2D eigenvalue weighted by molar-refractivity contribution is 0.664. The molecule has 0 saturated carbocycles. The molecule has 2 aliphatic rings. The summed E-state index contributed by atoms with van der Waals surface area (Å²) in [6.45, 7) is 4.75. The van der Waals surface area contributed by atoms with Gasteiger partial charge in [-0.3, -0.25) is 0 Å². The van der Waals surface area contributed by atoms with Crippen LogP contribution in [0.15, 0.2) is 169 Å². The van der Waals surface area contributed by atoms with E-state index < -0.39 is 0 Å². The molecule has 1 unspecified atom stereocenters. The van der Waals surface area contributed by atoms with E-state index in [1.165, 1.54) is 66.3 Å². The highest BCUT2D eigenvalue weighted by Gasteiger charge is 2.38. The normalized spacial score (nSPS) is 15.6. The Kier molecular flexibility index (Phi) is 6.28. The molecule has 1 atom stereocenters. The topological polar surface area (TPSA) is 29.3 Å². The van der Waals surface area contributed by atoms with Crippen molar-refractivity contribution < 1.29 is 0 Å². The predicted molar refractivity (Wildman–Crippen MR) is 208 cm³/mol. The van der Waals surface area contributed by atoms with Crippen LogP contribution in [0.4, 0.5) is 5.69 Å². The van der Waals surface area contributed by atoms with E-state index in [1.54, 1.807) is 0 Å². The van der Waals surface area contributed by atoms with Gasteiger partial charge in [0, 0.05) is 33.0 Å². The summed E-state index contributed by atoms with van der Waals surface area (Å²) in [5.74, 6) is 0.882. The van der Waals surface area contributed by atoms with Crippen molar-refractivity contribution in [1.29, 1.82) is 0 Å². The Bertz CT molecular complexity index is 2620.